The van der Waals surface area contributed by atoms with Crippen molar-refractivity contribution in [3.8, 4) is 0 Å². The van der Waals surface area contributed by atoms with Gasteiger partial charge < -0.3 is 9.64 Å². The number of carbonyl (C=O) groups is 1. The monoisotopic (exact) mass is 223 g/mol. The van der Waals surface area contributed by atoms with Crippen LogP contribution in [0.25, 0.3) is 0 Å². The van der Waals surface area contributed by atoms with Crippen LogP contribution in [0.15, 0.2) is 0 Å². The van der Waals surface area contributed by atoms with E-state index < -0.39 is 4.33 Å². The van der Waals surface area contributed by atoms with E-state index in [4.69, 9.17) is 27.9 Å². The van der Waals surface area contributed by atoms with Gasteiger partial charge in [0.15, 0.2) is 0 Å². The maximum atomic E-state index is 11.7. The molecule has 1 saturated heterocycles. The quantitative estimate of drug-likeness (QED) is 0.623. The highest BCUT2D eigenvalue weighted by Crippen LogP contribution is 2.53. The Kier molecular flexibility index (Phi) is 2.43. The summed E-state index contributed by atoms with van der Waals surface area (Å²) in [6.07, 6.45) is 0.590. The van der Waals surface area contributed by atoms with Gasteiger partial charge in [0.1, 0.15) is 4.33 Å². The summed E-state index contributed by atoms with van der Waals surface area (Å²) < 4.78 is 4.35. The van der Waals surface area contributed by atoms with Crippen molar-refractivity contribution in [1.29, 1.82) is 0 Å². The molecule has 1 unspecified atom stereocenters. The highest BCUT2D eigenvalue weighted by molar-refractivity contribution is 6.52. The van der Waals surface area contributed by atoms with E-state index in [9.17, 15) is 4.79 Å². The maximum absolute atomic E-state index is 11.7. The molecule has 1 aliphatic carbocycles. The van der Waals surface area contributed by atoms with E-state index in [1.165, 1.54) is 0 Å². The first kappa shape index (κ1) is 9.56. The van der Waals surface area contributed by atoms with Gasteiger partial charge in [-0.15, -0.1) is 23.2 Å². The minimum atomic E-state index is -0.796. The van der Waals surface area contributed by atoms with Crippen LogP contribution in [0, 0.1) is 5.92 Å². The summed E-state index contributed by atoms with van der Waals surface area (Å²) in [5.41, 5.74) is 0. The van der Waals surface area contributed by atoms with E-state index in [-0.39, 0.29) is 11.8 Å². The van der Waals surface area contributed by atoms with E-state index in [1.807, 2.05) is 0 Å². The highest BCUT2D eigenvalue weighted by atomic mass is 35.5. The fourth-order valence-corrected chi connectivity index (χ4v) is 1.98. The standard InChI is InChI=1S/C8H11Cl2NO2/c9-8(10)5-6(8)7(12)11-1-3-13-4-2-11/h6H,1-5H2. The number of rotatable bonds is 1. The zero-order valence-electron chi connectivity index (χ0n) is 7.13. The molecule has 0 aromatic carbocycles. The third-order valence-electron chi connectivity index (χ3n) is 2.45. The Morgan fingerprint density at radius 2 is 1.92 bits per heavy atom. The fraction of sp³-hybridized carbons (Fsp3) is 0.875. The predicted octanol–water partition coefficient (Wildman–Crippen LogP) is 1.04. The molecule has 1 saturated carbocycles. The molecule has 2 rings (SSSR count). The van der Waals surface area contributed by atoms with Crippen LogP contribution in [0.4, 0.5) is 0 Å². The van der Waals surface area contributed by atoms with E-state index >= 15 is 0 Å². The molecule has 1 amide bonds. The first-order valence-electron chi connectivity index (χ1n) is 4.35. The number of nitrogens with zero attached hydrogens (tertiary/aromatic N) is 1. The molecular formula is C8H11Cl2NO2. The molecule has 1 atom stereocenters. The lowest BCUT2D eigenvalue weighted by Crippen LogP contribution is -2.42. The minimum Gasteiger partial charge on any atom is -0.378 e. The number of halogens is 2. The second kappa shape index (κ2) is 3.30. The number of carbonyl (C=O) groups excluding carboxylic acids is 1. The zero-order valence-corrected chi connectivity index (χ0v) is 8.64. The highest BCUT2D eigenvalue weighted by Gasteiger charge is 2.57. The molecule has 13 heavy (non-hydrogen) atoms. The Labute approximate surface area is 86.9 Å². The van der Waals surface area contributed by atoms with Gasteiger partial charge in [0, 0.05) is 13.1 Å². The van der Waals surface area contributed by atoms with E-state index in [0.29, 0.717) is 32.7 Å². The lowest BCUT2D eigenvalue weighted by molar-refractivity contribution is -0.136. The van der Waals surface area contributed by atoms with Crippen LogP contribution in [0.1, 0.15) is 6.42 Å². The van der Waals surface area contributed by atoms with Gasteiger partial charge in [-0.05, 0) is 6.42 Å². The molecule has 2 fully saturated rings. The Bertz CT molecular complexity index is 226. The molecule has 3 nitrogen and oxygen atoms in total. The predicted molar refractivity (Wildman–Crippen MR) is 49.9 cm³/mol. The van der Waals surface area contributed by atoms with Crippen LogP contribution in [-0.4, -0.2) is 41.4 Å². The number of amides is 1. The average Bonchev–Trinajstić information content (AvgIpc) is 2.76. The minimum absolute atomic E-state index is 0.0771. The van der Waals surface area contributed by atoms with Crippen LogP contribution in [0.5, 0.6) is 0 Å². The molecule has 2 aliphatic rings. The molecule has 1 aliphatic heterocycles. The van der Waals surface area contributed by atoms with E-state index in [0.717, 1.165) is 0 Å². The lowest BCUT2D eigenvalue weighted by Gasteiger charge is -2.27. The van der Waals surface area contributed by atoms with E-state index in [2.05, 4.69) is 0 Å². The Morgan fingerprint density at radius 1 is 1.38 bits per heavy atom. The normalized spacial score (nSPS) is 31.5. The van der Waals surface area contributed by atoms with Gasteiger partial charge in [-0.2, -0.15) is 0 Å². The van der Waals surface area contributed by atoms with Crippen LogP contribution in [-0.2, 0) is 9.53 Å². The topological polar surface area (TPSA) is 29.5 Å². The molecule has 0 aromatic rings. The van der Waals surface area contributed by atoms with Crippen molar-refractivity contribution < 1.29 is 9.53 Å². The van der Waals surface area contributed by atoms with Gasteiger partial charge in [-0.3, -0.25) is 4.79 Å². The summed E-state index contributed by atoms with van der Waals surface area (Å²) in [6, 6.07) is 0. The molecule has 5 heteroatoms. The largest absolute Gasteiger partial charge is 0.378 e. The van der Waals surface area contributed by atoms with Crippen molar-refractivity contribution in [2.24, 2.45) is 5.92 Å². The summed E-state index contributed by atoms with van der Waals surface area (Å²) in [4.78, 5) is 13.5. The Hall–Kier alpha value is 0.01000. The summed E-state index contributed by atoms with van der Waals surface area (Å²) >= 11 is 11.6. The van der Waals surface area contributed by atoms with Gasteiger partial charge in [-0.1, -0.05) is 0 Å². The zero-order chi connectivity index (χ0) is 9.47. The van der Waals surface area contributed by atoms with Crippen LogP contribution < -0.4 is 0 Å². The summed E-state index contributed by atoms with van der Waals surface area (Å²) in [6.45, 7) is 2.57. The summed E-state index contributed by atoms with van der Waals surface area (Å²) in [7, 11) is 0. The Balaban J connectivity index is 1.90. The third-order valence-corrected chi connectivity index (χ3v) is 3.28. The van der Waals surface area contributed by atoms with Gasteiger partial charge in [0.05, 0.1) is 19.1 Å². The van der Waals surface area contributed by atoms with Crippen molar-refractivity contribution in [2.75, 3.05) is 26.3 Å². The first-order chi connectivity index (χ1) is 6.11. The molecule has 0 aromatic heterocycles. The van der Waals surface area contributed by atoms with E-state index in [1.54, 1.807) is 4.90 Å². The van der Waals surface area contributed by atoms with Crippen LogP contribution in [0.2, 0.25) is 0 Å². The van der Waals surface area contributed by atoms with Crippen molar-refractivity contribution in [3.05, 3.63) is 0 Å². The lowest BCUT2D eigenvalue weighted by atomic mass is 10.3. The smallest absolute Gasteiger partial charge is 0.228 e. The third kappa shape index (κ3) is 1.92. The molecule has 74 valence electrons. The summed E-state index contributed by atoms with van der Waals surface area (Å²) in [5, 5.41) is 0. The van der Waals surface area contributed by atoms with Gasteiger partial charge in [0.2, 0.25) is 5.91 Å². The van der Waals surface area contributed by atoms with Gasteiger partial charge >= 0.3 is 0 Å². The second-order valence-electron chi connectivity index (χ2n) is 3.46. The van der Waals surface area contributed by atoms with Crippen molar-refractivity contribution in [2.45, 2.75) is 10.8 Å². The maximum Gasteiger partial charge on any atom is 0.228 e. The van der Waals surface area contributed by atoms with Crippen LogP contribution >= 0.6 is 23.2 Å². The molecule has 0 spiro atoms. The molecule has 0 radical (unpaired) electrons. The molecule has 1 heterocycles. The van der Waals surface area contributed by atoms with Crippen molar-refractivity contribution in [3.63, 3.8) is 0 Å². The molecule has 0 N–H and O–H groups in total. The summed E-state index contributed by atoms with van der Waals surface area (Å²) in [5.74, 6) is -0.109. The number of alkyl halides is 2. The van der Waals surface area contributed by atoms with Crippen molar-refractivity contribution >= 4 is 29.1 Å². The average molecular weight is 224 g/mol. The number of morpholine rings is 1. The SMILES string of the molecule is O=C(C1CC1(Cl)Cl)N1CCOCC1. The molecular weight excluding hydrogens is 213 g/mol. The number of hydrogen-bond donors (Lipinski definition) is 0. The molecule has 0 bridgehead atoms. The number of hydrogen-bond acceptors (Lipinski definition) is 2. The number of ether oxygens (including phenoxy) is 1. The van der Waals surface area contributed by atoms with Crippen molar-refractivity contribution in [1.82, 2.24) is 4.90 Å². The van der Waals surface area contributed by atoms with Crippen LogP contribution in [0.3, 0.4) is 0 Å². The Morgan fingerprint density at radius 3 is 2.38 bits per heavy atom. The fourth-order valence-electron chi connectivity index (χ4n) is 1.49. The van der Waals surface area contributed by atoms with Gasteiger partial charge in [-0.25, -0.2) is 0 Å². The second-order valence-corrected chi connectivity index (χ2v) is 5.00. The first-order valence-corrected chi connectivity index (χ1v) is 5.11. The van der Waals surface area contributed by atoms with Gasteiger partial charge in [0.25, 0.3) is 0 Å².